The summed E-state index contributed by atoms with van der Waals surface area (Å²) in [6.45, 7) is 1.81. The van der Waals surface area contributed by atoms with Crippen molar-refractivity contribution in [1.82, 2.24) is 19.7 Å². The lowest BCUT2D eigenvalue weighted by atomic mass is 9.95. The number of thioether (sulfide) groups is 1. The number of rotatable bonds is 6. The molecule has 1 amide bonds. The number of nitrogens with zero attached hydrogens (tertiary/aromatic N) is 4. The van der Waals surface area contributed by atoms with E-state index in [2.05, 4.69) is 20.6 Å². The lowest BCUT2D eigenvalue weighted by molar-refractivity contribution is -0.113. The average molecular weight is 507 g/mol. The highest BCUT2D eigenvalue weighted by Crippen LogP contribution is 2.37. The van der Waals surface area contributed by atoms with Crippen molar-refractivity contribution in [2.45, 2.75) is 23.9 Å². The van der Waals surface area contributed by atoms with E-state index in [4.69, 9.17) is 16.7 Å². The molecular weight excluding hydrogens is 487 g/mol. The van der Waals surface area contributed by atoms with Crippen molar-refractivity contribution >= 4 is 40.9 Å². The Morgan fingerprint density at radius 2 is 1.97 bits per heavy atom. The van der Waals surface area contributed by atoms with Crippen molar-refractivity contribution in [3.63, 3.8) is 0 Å². The van der Waals surface area contributed by atoms with Gasteiger partial charge in [-0.2, -0.15) is 4.98 Å². The van der Waals surface area contributed by atoms with Gasteiger partial charge in [0.05, 0.1) is 17.5 Å². The number of pyridine rings is 1. The van der Waals surface area contributed by atoms with Crippen LogP contribution in [0.25, 0.3) is 0 Å². The van der Waals surface area contributed by atoms with Gasteiger partial charge in [0.1, 0.15) is 11.9 Å². The third-order valence-corrected chi connectivity index (χ3v) is 6.75. The summed E-state index contributed by atoms with van der Waals surface area (Å²) >= 11 is 7.73. The second-order valence-corrected chi connectivity index (χ2v) is 9.21. The van der Waals surface area contributed by atoms with Crippen LogP contribution < -0.4 is 10.6 Å². The van der Waals surface area contributed by atoms with Gasteiger partial charge in [0, 0.05) is 22.7 Å². The summed E-state index contributed by atoms with van der Waals surface area (Å²) in [5, 5.41) is 12.0. The van der Waals surface area contributed by atoms with E-state index in [9.17, 15) is 9.18 Å². The fraction of sp³-hybridized carbons (Fsp3) is 0.120. The molecule has 7 nitrogen and oxygen atoms in total. The van der Waals surface area contributed by atoms with Crippen LogP contribution in [0.3, 0.4) is 0 Å². The maximum absolute atomic E-state index is 13.7. The van der Waals surface area contributed by atoms with Crippen LogP contribution in [0.4, 0.5) is 16.0 Å². The minimum atomic E-state index is -0.606. The number of amides is 1. The number of carbonyl (C=O) groups excluding carboxylic acids is 1. The molecule has 0 saturated heterocycles. The number of hydrogen-bond donors (Lipinski definition) is 2. The normalized spacial score (nSPS) is 14.9. The van der Waals surface area contributed by atoms with Crippen LogP contribution in [0, 0.1) is 5.82 Å². The third-order valence-electron chi connectivity index (χ3n) is 5.50. The summed E-state index contributed by atoms with van der Waals surface area (Å²) < 4.78 is 15.4. The smallest absolute Gasteiger partial charge is 0.255 e. The van der Waals surface area contributed by atoms with Gasteiger partial charge in [-0.3, -0.25) is 9.78 Å². The van der Waals surface area contributed by atoms with Crippen LogP contribution in [-0.2, 0) is 10.5 Å². The Hall–Kier alpha value is -3.69. The van der Waals surface area contributed by atoms with Gasteiger partial charge in [0.25, 0.3) is 5.91 Å². The number of fused-ring (bicyclic) bond motifs is 1. The maximum atomic E-state index is 13.7. The molecule has 1 aliphatic rings. The molecule has 5 rings (SSSR count). The Morgan fingerprint density at radius 1 is 1.17 bits per heavy atom. The fourth-order valence-electron chi connectivity index (χ4n) is 3.83. The highest BCUT2D eigenvalue weighted by atomic mass is 35.5. The zero-order chi connectivity index (χ0) is 24.4. The number of hydrogen-bond acceptors (Lipinski definition) is 6. The van der Waals surface area contributed by atoms with E-state index >= 15 is 0 Å². The number of aromatic nitrogens is 4. The first kappa shape index (κ1) is 23.1. The molecule has 176 valence electrons. The molecule has 0 unspecified atom stereocenters. The van der Waals surface area contributed by atoms with Gasteiger partial charge in [-0.1, -0.05) is 53.7 Å². The van der Waals surface area contributed by atoms with Crippen LogP contribution in [0.15, 0.2) is 89.5 Å². The molecule has 1 atom stereocenters. The summed E-state index contributed by atoms with van der Waals surface area (Å²) in [4.78, 5) is 22.1. The highest BCUT2D eigenvalue weighted by Gasteiger charge is 2.34. The van der Waals surface area contributed by atoms with E-state index in [0.29, 0.717) is 44.4 Å². The van der Waals surface area contributed by atoms with Crippen molar-refractivity contribution < 1.29 is 9.18 Å². The zero-order valence-corrected chi connectivity index (χ0v) is 20.1. The molecule has 2 aromatic heterocycles. The van der Waals surface area contributed by atoms with Crippen LogP contribution in [0.5, 0.6) is 0 Å². The summed E-state index contributed by atoms with van der Waals surface area (Å²) in [6.07, 6.45) is 3.20. The Balaban J connectivity index is 1.49. The number of benzene rings is 2. The minimum absolute atomic E-state index is 0.316. The number of carbonyl (C=O) groups is 1. The topological polar surface area (TPSA) is 84.7 Å². The quantitative estimate of drug-likeness (QED) is 0.327. The van der Waals surface area contributed by atoms with Gasteiger partial charge in [-0.15, -0.1) is 5.10 Å². The van der Waals surface area contributed by atoms with Gasteiger partial charge in [-0.05, 0) is 48.4 Å². The van der Waals surface area contributed by atoms with Crippen LogP contribution >= 0.6 is 23.4 Å². The fourth-order valence-corrected chi connectivity index (χ4v) is 4.95. The second-order valence-electron chi connectivity index (χ2n) is 7.86. The highest BCUT2D eigenvalue weighted by molar-refractivity contribution is 7.98. The zero-order valence-electron chi connectivity index (χ0n) is 18.6. The van der Waals surface area contributed by atoms with Crippen molar-refractivity contribution in [3.05, 3.63) is 106 Å². The molecule has 2 N–H and O–H groups in total. The third kappa shape index (κ3) is 4.91. The first-order valence-corrected chi connectivity index (χ1v) is 12.1. The van der Waals surface area contributed by atoms with Gasteiger partial charge in [0.15, 0.2) is 0 Å². The predicted molar refractivity (Wildman–Crippen MR) is 135 cm³/mol. The lowest BCUT2D eigenvalue weighted by Crippen LogP contribution is -2.31. The Labute approximate surface area is 210 Å². The molecular formula is C25H20ClFN6OS. The van der Waals surface area contributed by atoms with Gasteiger partial charge in [-0.25, -0.2) is 9.07 Å². The Bertz CT molecular complexity index is 1410. The molecule has 10 heteroatoms. The van der Waals surface area contributed by atoms with E-state index in [1.807, 2.05) is 31.2 Å². The molecule has 0 fully saturated rings. The van der Waals surface area contributed by atoms with E-state index in [0.717, 1.165) is 5.56 Å². The molecule has 0 saturated carbocycles. The molecule has 0 radical (unpaired) electrons. The first-order valence-electron chi connectivity index (χ1n) is 10.8. The molecule has 0 spiro atoms. The summed E-state index contributed by atoms with van der Waals surface area (Å²) in [7, 11) is 0. The monoisotopic (exact) mass is 506 g/mol. The molecule has 1 aliphatic heterocycles. The van der Waals surface area contributed by atoms with Crippen LogP contribution in [0.2, 0.25) is 5.02 Å². The average Bonchev–Trinajstić information content (AvgIpc) is 3.26. The van der Waals surface area contributed by atoms with Crippen molar-refractivity contribution in [2.24, 2.45) is 0 Å². The molecule has 0 aliphatic carbocycles. The van der Waals surface area contributed by atoms with Crippen molar-refractivity contribution in [3.8, 4) is 0 Å². The largest absolute Gasteiger partial charge is 0.328 e. The van der Waals surface area contributed by atoms with Crippen molar-refractivity contribution in [1.29, 1.82) is 0 Å². The molecule has 3 heterocycles. The first-order chi connectivity index (χ1) is 17.0. The Morgan fingerprint density at radius 3 is 2.71 bits per heavy atom. The number of allylic oxidation sites excluding steroid dienone is 1. The maximum Gasteiger partial charge on any atom is 0.255 e. The summed E-state index contributed by atoms with van der Waals surface area (Å²) in [5.74, 6) is 0.408. The van der Waals surface area contributed by atoms with Crippen LogP contribution in [0.1, 0.15) is 24.1 Å². The summed E-state index contributed by atoms with van der Waals surface area (Å²) in [6, 6.07) is 16.5. The lowest BCUT2D eigenvalue weighted by Gasteiger charge is -2.28. The number of halogens is 2. The van der Waals surface area contributed by atoms with E-state index in [-0.39, 0.29) is 11.7 Å². The van der Waals surface area contributed by atoms with Gasteiger partial charge in [0.2, 0.25) is 11.1 Å². The van der Waals surface area contributed by atoms with E-state index in [1.165, 1.54) is 23.9 Å². The van der Waals surface area contributed by atoms with Crippen molar-refractivity contribution in [2.75, 3.05) is 10.6 Å². The summed E-state index contributed by atoms with van der Waals surface area (Å²) in [5.41, 5.74) is 3.32. The number of nitrogens with one attached hydrogen (secondary N) is 2. The molecule has 0 bridgehead atoms. The van der Waals surface area contributed by atoms with E-state index in [1.54, 1.807) is 41.3 Å². The van der Waals surface area contributed by atoms with Crippen LogP contribution in [-0.4, -0.2) is 25.7 Å². The molecule has 4 aromatic rings. The number of anilines is 2. The standard InChI is InChI=1S/C25H20ClFN6OS/c1-15-21(23(34)30-19-6-4-12-28-13-19)22(16-8-10-18(27)11-9-16)33-24(29-15)31-25(32-33)35-14-17-5-2-3-7-20(17)26/h2-13,22H,14H2,1H3,(H,30,34)(H,29,31,32)/t22-/m1/s1. The predicted octanol–water partition coefficient (Wildman–Crippen LogP) is 5.69. The minimum Gasteiger partial charge on any atom is -0.328 e. The van der Waals surface area contributed by atoms with Gasteiger partial charge < -0.3 is 10.6 Å². The molecule has 2 aromatic carbocycles. The molecule has 35 heavy (non-hydrogen) atoms. The van der Waals surface area contributed by atoms with E-state index < -0.39 is 6.04 Å². The van der Waals surface area contributed by atoms with Gasteiger partial charge >= 0.3 is 0 Å². The Kier molecular flexibility index (Phi) is 6.52. The second kappa shape index (κ2) is 9.89. The SMILES string of the molecule is CC1=C(C(=O)Nc2cccnc2)[C@@H](c2ccc(F)cc2)n2nc(SCc3ccccc3Cl)nc2N1.